The van der Waals surface area contributed by atoms with E-state index in [2.05, 4.69) is 5.32 Å². The molecule has 2 unspecified atom stereocenters. The molecule has 3 aromatic carbocycles. The van der Waals surface area contributed by atoms with E-state index in [0.29, 0.717) is 29.9 Å². The molecule has 3 aliphatic heterocycles. The second-order valence-electron chi connectivity index (χ2n) is 12.5. The average molecular weight is 701 g/mol. The van der Waals surface area contributed by atoms with E-state index in [9.17, 15) is 49.1 Å². The molecule has 3 heterocycles. The number of piperidine rings is 1. The molecule has 0 aromatic heterocycles. The Labute approximate surface area is 274 Å². The molecule has 3 fully saturated rings. The van der Waals surface area contributed by atoms with Gasteiger partial charge in [0.1, 0.15) is 11.9 Å². The Bertz CT molecular complexity index is 1750. The molecule has 3 saturated heterocycles. The molecule has 3 aliphatic rings. The van der Waals surface area contributed by atoms with Gasteiger partial charge in [0, 0.05) is 23.9 Å². The molecule has 2 amide bonds. The average Bonchev–Trinajstić information content (AvgIpc) is 3.60. The van der Waals surface area contributed by atoms with E-state index >= 15 is 0 Å². The van der Waals surface area contributed by atoms with Crippen molar-refractivity contribution in [3.05, 3.63) is 88.0 Å². The molecule has 6 nitrogen and oxygen atoms in total. The predicted molar refractivity (Wildman–Crippen MR) is 156 cm³/mol. The molecule has 0 radical (unpaired) electrons. The van der Waals surface area contributed by atoms with Crippen molar-refractivity contribution in [2.75, 3.05) is 7.11 Å². The summed E-state index contributed by atoms with van der Waals surface area (Å²) in [6, 6.07) is 6.79. The number of carbonyl (C=O) groups is 2. The van der Waals surface area contributed by atoms with Crippen LogP contribution in [0.25, 0.3) is 11.1 Å². The highest BCUT2D eigenvalue weighted by atomic mass is 19.4. The summed E-state index contributed by atoms with van der Waals surface area (Å²) in [6.07, 6.45) is -16.8. The summed E-state index contributed by atoms with van der Waals surface area (Å²) in [5.41, 5.74) is -3.21. The minimum absolute atomic E-state index is 0.0187. The fraction of sp³-hybridized carbons (Fsp3) is 0.412. The maximum absolute atomic E-state index is 14.1. The largest absolute Gasteiger partial charge is 0.496 e. The van der Waals surface area contributed by atoms with Crippen molar-refractivity contribution in [1.82, 2.24) is 10.2 Å². The predicted octanol–water partition coefficient (Wildman–Crippen LogP) is 9.20. The highest BCUT2D eigenvalue weighted by Gasteiger charge is 2.52. The number of rotatable bonds is 5. The Morgan fingerprint density at radius 1 is 0.755 bits per heavy atom. The van der Waals surface area contributed by atoms with Gasteiger partial charge in [-0.15, -0.1) is 0 Å². The van der Waals surface area contributed by atoms with E-state index in [4.69, 9.17) is 9.47 Å². The summed E-state index contributed by atoms with van der Waals surface area (Å²) in [7, 11) is 1.38. The monoisotopic (exact) mass is 700 g/mol. The van der Waals surface area contributed by atoms with E-state index < -0.39 is 65.1 Å². The second-order valence-corrected chi connectivity index (χ2v) is 12.5. The molecule has 3 aromatic rings. The number of nitrogens with zero attached hydrogens (tertiary/aromatic N) is 1. The van der Waals surface area contributed by atoms with Crippen LogP contribution >= 0.6 is 0 Å². The quantitative estimate of drug-likeness (QED) is 0.270. The summed E-state index contributed by atoms with van der Waals surface area (Å²) in [6.45, 7) is 1.84. The molecular formula is C34H29F9N2O4. The van der Waals surface area contributed by atoms with E-state index in [-0.39, 0.29) is 54.3 Å². The zero-order valence-corrected chi connectivity index (χ0v) is 25.9. The summed E-state index contributed by atoms with van der Waals surface area (Å²) >= 11 is 0. The van der Waals surface area contributed by atoms with Crippen molar-refractivity contribution in [3.8, 4) is 16.9 Å². The molecule has 0 aliphatic carbocycles. The van der Waals surface area contributed by atoms with Crippen LogP contribution in [-0.4, -0.2) is 36.1 Å². The van der Waals surface area contributed by atoms with E-state index in [0.717, 1.165) is 22.6 Å². The van der Waals surface area contributed by atoms with Crippen LogP contribution in [0.2, 0.25) is 0 Å². The van der Waals surface area contributed by atoms with Gasteiger partial charge in [-0.1, -0.05) is 12.1 Å². The van der Waals surface area contributed by atoms with Crippen molar-refractivity contribution in [2.24, 2.45) is 0 Å². The Hall–Kier alpha value is -4.43. The number of cyclic esters (lactones) is 1. The number of carbonyl (C=O) groups excluding carboxylic acids is 2. The lowest BCUT2D eigenvalue weighted by Crippen LogP contribution is -2.41. The molecule has 5 atom stereocenters. The van der Waals surface area contributed by atoms with E-state index in [1.165, 1.54) is 13.2 Å². The number of halogens is 9. The first-order valence-corrected chi connectivity index (χ1v) is 15.3. The molecule has 0 spiro atoms. The van der Waals surface area contributed by atoms with Gasteiger partial charge < -0.3 is 14.8 Å². The highest BCUT2D eigenvalue weighted by Crippen LogP contribution is 2.52. The SMILES string of the molecule is COc1ccc(C2CCC(=O)NC2C)cc1-c1ccc(C(F)(F)F)cc1[C@@H]1CC[C@H]2[C@@H](c3cc(C(F)(F)F)cc(C(F)(F)F)c3)OC(=O)N12. The van der Waals surface area contributed by atoms with Gasteiger partial charge in [0.25, 0.3) is 0 Å². The highest BCUT2D eigenvalue weighted by molar-refractivity contribution is 5.79. The van der Waals surface area contributed by atoms with Crippen LogP contribution in [0.4, 0.5) is 44.3 Å². The summed E-state index contributed by atoms with van der Waals surface area (Å²) < 4.78 is 135. The van der Waals surface area contributed by atoms with Crippen LogP contribution < -0.4 is 10.1 Å². The fourth-order valence-corrected chi connectivity index (χ4v) is 7.23. The molecular weight excluding hydrogens is 671 g/mol. The van der Waals surface area contributed by atoms with Gasteiger partial charge in [0.15, 0.2) is 0 Å². The Balaban J connectivity index is 1.44. The molecule has 15 heteroatoms. The summed E-state index contributed by atoms with van der Waals surface area (Å²) in [5.74, 6) is 0.0747. The van der Waals surface area contributed by atoms with Crippen molar-refractivity contribution >= 4 is 12.0 Å². The second kappa shape index (κ2) is 12.2. The lowest BCUT2D eigenvalue weighted by atomic mass is 9.83. The first-order chi connectivity index (χ1) is 22.9. The van der Waals surface area contributed by atoms with Crippen LogP contribution in [0.5, 0.6) is 5.75 Å². The number of amides is 2. The zero-order valence-electron chi connectivity index (χ0n) is 25.9. The van der Waals surface area contributed by atoms with E-state index in [1.54, 1.807) is 18.2 Å². The lowest BCUT2D eigenvalue weighted by molar-refractivity contribution is -0.143. The summed E-state index contributed by atoms with van der Waals surface area (Å²) in [5, 5.41) is 2.89. The van der Waals surface area contributed by atoms with Gasteiger partial charge in [-0.2, -0.15) is 39.5 Å². The van der Waals surface area contributed by atoms with Gasteiger partial charge in [-0.3, -0.25) is 9.69 Å². The normalized spacial score (nSPS) is 24.5. The molecule has 6 rings (SSSR count). The van der Waals surface area contributed by atoms with E-state index in [1.807, 2.05) is 6.92 Å². The Morgan fingerprint density at radius 3 is 2.00 bits per heavy atom. The van der Waals surface area contributed by atoms with Gasteiger partial charge >= 0.3 is 24.6 Å². The lowest BCUT2D eigenvalue weighted by Gasteiger charge is -2.31. The minimum Gasteiger partial charge on any atom is -0.496 e. The van der Waals surface area contributed by atoms with Crippen LogP contribution in [0, 0.1) is 0 Å². The van der Waals surface area contributed by atoms with Crippen molar-refractivity contribution < 1.29 is 58.6 Å². The van der Waals surface area contributed by atoms with Gasteiger partial charge in [-0.05, 0) is 90.9 Å². The third kappa shape index (κ3) is 6.51. The Morgan fingerprint density at radius 2 is 1.41 bits per heavy atom. The standard InChI is InChI=1S/C34H29F9N2O4/c1-16-22(6-10-29(46)44-16)17-3-9-28(48-2)25(13-17)23-5-4-19(32(35,36)37)15-24(23)26-7-8-27-30(49-31(47)45(26)27)18-11-20(33(38,39)40)14-21(12-18)34(41,42)43/h3-5,9,11-16,22,26-27,30H,6-8,10H2,1-2H3,(H,44,46)/t16?,22?,26-,27-,30+/m0/s1. The van der Waals surface area contributed by atoms with Gasteiger partial charge in [0.05, 0.1) is 35.9 Å². The number of alkyl halides is 9. The number of hydrogen-bond donors (Lipinski definition) is 1. The molecule has 0 bridgehead atoms. The Kier molecular flexibility index (Phi) is 8.55. The van der Waals surface area contributed by atoms with Crippen LogP contribution in [0.3, 0.4) is 0 Å². The number of fused-ring (bicyclic) bond motifs is 1. The number of hydrogen-bond acceptors (Lipinski definition) is 4. The minimum atomic E-state index is -5.14. The van der Waals surface area contributed by atoms with Crippen LogP contribution in [0.1, 0.15) is 84.1 Å². The summed E-state index contributed by atoms with van der Waals surface area (Å²) in [4.78, 5) is 26.4. The fourth-order valence-electron chi connectivity index (χ4n) is 7.23. The zero-order chi connectivity index (χ0) is 35.6. The van der Waals surface area contributed by atoms with Gasteiger partial charge in [0.2, 0.25) is 5.91 Å². The third-order valence-electron chi connectivity index (χ3n) is 9.51. The molecule has 262 valence electrons. The smallest absolute Gasteiger partial charge is 0.416 e. The first-order valence-electron chi connectivity index (χ1n) is 15.3. The van der Waals surface area contributed by atoms with Crippen molar-refractivity contribution in [1.29, 1.82) is 0 Å². The number of nitrogens with one attached hydrogen (secondary N) is 1. The van der Waals surface area contributed by atoms with Crippen molar-refractivity contribution in [2.45, 2.75) is 81.3 Å². The van der Waals surface area contributed by atoms with Crippen LogP contribution in [0.15, 0.2) is 54.6 Å². The maximum Gasteiger partial charge on any atom is 0.416 e. The first kappa shape index (κ1) is 34.4. The molecule has 49 heavy (non-hydrogen) atoms. The maximum atomic E-state index is 14.1. The van der Waals surface area contributed by atoms with Crippen molar-refractivity contribution in [3.63, 3.8) is 0 Å². The molecule has 1 N–H and O–H groups in total. The number of benzene rings is 3. The molecule has 0 saturated carbocycles. The van der Waals surface area contributed by atoms with Gasteiger partial charge in [-0.25, -0.2) is 4.79 Å². The topological polar surface area (TPSA) is 67.9 Å². The third-order valence-corrected chi connectivity index (χ3v) is 9.51. The number of ether oxygens (including phenoxy) is 2. The van der Waals surface area contributed by atoms with Crippen LogP contribution in [-0.2, 0) is 28.1 Å². The number of methoxy groups -OCH3 is 1.